The van der Waals surface area contributed by atoms with Crippen molar-refractivity contribution in [3.05, 3.63) is 10.6 Å². The summed E-state index contributed by atoms with van der Waals surface area (Å²) >= 11 is 1.76. The van der Waals surface area contributed by atoms with E-state index in [2.05, 4.69) is 36.4 Å². The van der Waals surface area contributed by atoms with Crippen LogP contribution in [-0.2, 0) is 0 Å². The Balaban J connectivity index is 1.93. The van der Waals surface area contributed by atoms with Gasteiger partial charge in [-0.2, -0.15) is 0 Å². The lowest BCUT2D eigenvalue weighted by Gasteiger charge is -2.28. The lowest BCUT2D eigenvalue weighted by molar-refractivity contribution is 0.347. The Bertz CT molecular complexity index is 323. The van der Waals surface area contributed by atoms with Crippen LogP contribution in [0, 0.1) is 19.8 Å². The summed E-state index contributed by atoms with van der Waals surface area (Å²) in [6.45, 7) is 8.79. The van der Waals surface area contributed by atoms with Crippen LogP contribution in [0.2, 0.25) is 0 Å². The Morgan fingerprint density at radius 1 is 1.50 bits per heavy atom. The Morgan fingerprint density at radius 2 is 2.31 bits per heavy atom. The van der Waals surface area contributed by atoms with Gasteiger partial charge in [0.2, 0.25) is 0 Å². The second-order valence-corrected chi connectivity index (χ2v) is 5.90. The van der Waals surface area contributed by atoms with Gasteiger partial charge in [0.05, 0.1) is 5.69 Å². The maximum atomic E-state index is 4.53. The third kappa shape index (κ3) is 2.74. The summed E-state index contributed by atoms with van der Waals surface area (Å²) in [5.74, 6) is 0.735. The lowest BCUT2D eigenvalue weighted by atomic mass is 9.93. The van der Waals surface area contributed by atoms with Crippen LogP contribution < -0.4 is 10.6 Å². The van der Waals surface area contributed by atoms with Gasteiger partial charge < -0.3 is 10.6 Å². The number of nitrogens with zero attached hydrogens (tertiary/aromatic N) is 1. The van der Waals surface area contributed by atoms with Gasteiger partial charge in [0.25, 0.3) is 0 Å². The number of hydrogen-bond donors (Lipinski definition) is 2. The maximum Gasteiger partial charge on any atom is 0.183 e. The first-order chi connectivity index (χ1) is 7.66. The van der Waals surface area contributed by atoms with Gasteiger partial charge in [-0.15, -0.1) is 11.3 Å². The molecule has 2 heterocycles. The van der Waals surface area contributed by atoms with Crippen molar-refractivity contribution in [2.24, 2.45) is 5.92 Å². The molecule has 16 heavy (non-hydrogen) atoms. The quantitative estimate of drug-likeness (QED) is 0.851. The molecule has 1 saturated heterocycles. The molecule has 0 aromatic carbocycles. The first-order valence-electron chi connectivity index (χ1n) is 6.08. The van der Waals surface area contributed by atoms with Crippen molar-refractivity contribution in [3.8, 4) is 0 Å². The van der Waals surface area contributed by atoms with Crippen LogP contribution in [0.15, 0.2) is 0 Å². The van der Waals surface area contributed by atoms with Crippen LogP contribution in [0.1, 0.15) is 30.3 Å². The summed E-state index contributed by atoms with van der Waals surface area (Å²) in [6.07, 6.45) is 2.62. The van der Waals surface area contributed by atoms with E-state index in [0.29, 0.717) is 6.04 Å². The van der Waals surface area contributed by atoms with Crippen molar-refractivity contribution in [1.29, 1.82) is 0 Å². The Hall–Kier alpha value is -0.610. The van der Waals surface area contributed by atoms with Crippen LogP contribution in [0.4, 0.5) is 5.13 Å². The van der Waals surface area contributed by atoms with Crippen LogP contribution in [-0.4, -0.2) is 24.1 Å². The van der Waals surface area contributed by atoms with Crippen molar-refractivity contribution < 1.29 is 0 Å². The predicted octanol–water partition coefficient (Wildman–Crippen LogP) is 2.56. The van der Waals surface area contributed by atoms with E-state index in [1.165, 1.54) is 24.3 Å². The van der Waals surface area contributed by atoms with E-state index >= 15 is 0 Å². The zero-order chi connectivity index (χ0) is 11.5. The first kappa shape index (κ1) is 11.9. The molecule has 1 aromatic rings. The van der Waals surface area contributed by atoms with Gasteiger partial charge in [-0.1, -0.05) is 0 Å². The summed E-state index contributed by atoms with van der Waals surface area (Å²) in [5, 5.41) is 8.08. The zero-order valence-corrected chi connectivity index (χ0v) is 11.2. The molecule has 0 saturated carbocycles. The number of thiazole rings is 1. The largest absolute Gasteiger partial charge is 0.359 e. The van der Waals surface area contributed by atoms with Crippen LogP contribution >= 0.6 is 11.3 Å². The maximum absolute atomic E-state index is 4.53. The molecule has 3 nitrogen and oxygen atoms in total. The number of hydrogen-bond acceptors (Lipinski definition) is 4. The molecule has 0 aliphatic carbocycles. The highest BCUT2D eigenvalue weighted by Gasteiger charge is 2.20. The second-order valence-electron chi connectivity index (χ2n) is 4.70. The fourth-order valence-corrected chi connectivity index (χ4v) is 3.06. The third-order valence-corrected chi connectivity index (χ3v) is 4.43. The molecular weight excluding hydrogens is 218 g/mol. The van der Waals surface area contributed by atoms with E-state index in [9.17, 15) is 0 Å². The molecule has 2 unspecified atom stereocenters. The minimum atomic E-state index is 0.512. The van der Waals surface area contributed by atoms with E-state index in [1.54, 1.807) is 11.3 Å². The highest BCUT2D eigenvalue weighted by atomic mass is 32.1. The molecule has 1 aliphatic rings. The van der Waals surface area contributed by atoms with Gasteiger partial charge in [0.15, 0.2) is 5.13 Å². The molecule has 2 rings (SSSR count). The topological polar surface area (TPSA) is 37.0 Å². The molecule has 1 aliphatic heterocycles. The Labute approximate surface area is 102 Å². The predicted molar refractivity (Wildman–Crippen MR) is 70.3 cm³/mol. The molecule has 0 spiro atoms. The van der Waals surface area contributed by atoms with Crippen LogP contribution in [0.3, 0.4) is 0 Å². The molecule has 2 N–H and O–H groups in total. The molecule has 0 amide bonds. The Morgan fingerprint density at radius 3 is 2.88 bits per heavy atom. The SMILES string of the molecule is Cc1nc(NC(C)C2CCCNC2)sc1C. The molecule has 90 valence electrons. The van der Waals surface area contributed by atoms with E-state index < -0.39 is 0 Å². The van der Waals surface area contributed by atoms with Crippen LogP contribution in [0.25, 0.3) is 0 Å². The van der Waals surface area contributed by atoms with Gasteiger partial charge in [0, 0.05) is 10.9 Å². The fraction of sp³-hybridized carbons (Fsp3) is 0.750. The lowest BCUT2D eigenvalue weighted by Crippen LogP contribution is -2.38. The van der Waals surface area contributed by atoms with Gasteiger partial charge in [-0.25, -0.2) is 4.98 Å². The Kier molecular flexibility index (Phi) is 3.82. The number of aromatic nitrogens is 1. The van der Waals surface area contributed by atoms with Gasteiger partial charge in [0.1, 0.15) is 0 Å². The molecule has 2 atom stereocenters. The van der Waals surface area contributed by atoms with Gasteiger partial charge in [-0.3, -0.25) is 0 Å². The summed E-state index contributed by atoms with van der Waals surface area (Å²) in [7, 11) is 0. The number of piperidine rings is 1. The summed E-state index contributed by atoms with van der Waals surface area (Å²) in [5.41, 5.74) is 1.15. The van der Waals surface area contributed by atoms with Crippen molar-refractivity contribution in [2.45, 2.75) is 39.7 Å². The minimum absolute atomic E-state index is 0.512. The van der Waals surface area contributed by atoms with E-state index in [-0.39, 0.29) is 0 Å². The van der Waals surface area contributed by atoms with Gasteiger partial charge >= 0.3 is 0 Å². The van der Waals surface area contributed by atoms with Crippen molar-refractivity contribution >= 4 is 16.5 Å². The smallest absolute Gasteiger partial charge is 0.183 e. The highest BCUT2D eigenvalue weighted by molar-refractivity contribution is 7.15. The molecule has 0 bridgehead atoms. The average Bonchev–Trinajstić information content (AvgIpc) is 2.59. The number of rotatable bonds is 3. The first-order valence-corrected chi connectivity index (χ1v) is 6.89. The van der Waals surface area contributed by atoms with E-state index in [1.807, 2.05) is 0 Å². The van der Waals surface area contributed by atoms with E-state index in [4.69, 9.17) is 0 Å². The molecule has 0 radical (unpaired) electrons. The zero-order valence-electron chi connectivity index (χ0n) is 10.3. The second kappa shape index (κ2) is 5.15. The molecule has 1 fully saturated rings. The van der Waals surface area contributed by atoms with Gasteiger partial charge in [-0.05, 0) is 52.6 Å². The number of aryl methyl sites for hydroxylation is 2. The fourth-order valence-electron chi connectivity index (χ4n) is 2.15. The van der Waals surface area contributed by atoms with Crippen LogP contribution in [0.5, 0.6) is 0 Å². The van der Waals surface area contributed by atoms with E-state index in [0.717, 1.165) is 23.3 Å². The highest BCUT2D eigenvalue weighted by Crippen LogP contribution is 2.24. The minimum Gasteiger partial charge on any atom is -0.359 e. The number of nitrogens with one attached hydrogen (secondary N) is 2. The summed E-state index contributed by atoms with van der Waals surface area (Å²) in [6, 6.07) is 0.512. The molecule has 4 heteroatoms. The standard InChI is InChI=1S/C12H21N3S/c1-8-10(3)16-12(14-8)15-9(2)11-5-4-6-13-7-11/h9,11,13H,4-7H2,1-3H3,(H,14,15). The monoisotopic (exact) mass is 239 g/mol. The average molecular weight is 239 g/mol. The normalized spacial score (nSPS) is 23.1. The molecule has 1 aromatic heterocycles. The third-order valence-electron chi connectivity index (χ3n) is 3.42. The van der Waals surface area contributed by atoms with Crippen molar-refractivity contribution in [3.63, 3.8) is 0 Å². The molecular formula is C12H21N3S. The summed E-state index contributed by atoms with van der Waals surface area (Å²) < 4.78 is 0. The van der Waals surface area contributed by atoms with Crippen molar-refractivity contribution in [1.82, 2.24) is 10.3 Å². The van der Waals surface area contributed by atoms with Crippen molar-refractivity contribution in [2.75, 3.05) is 18.4 Å². The summed E-state index contributed by atoms with van der Waals surface area (Å²) in [4.78, 5) is 5.85. The number of anilines is 1.